The van der Waals surface area contributed by atoms with E-state index in [4.69, 9.17) is 21.3 Å². The third-order valence-corrected chi connectivity index (χ3v) is 5.57. The molecule has 0 amide bonds. The van der Waals surface area contributed by atoms with Crippen molar-refractivity contribution in [3.8, 4) is 5.75 Å². The monoisotopic (exact) mass is 543 g/mol. The summed E-state index contributed by atoms with van der Waals surface area (Å²) in [6.45, 7) is 10.0. The maximum absolute atomic E-state index is 6.22. The van der Waals surface area contributed by atoms with Crippen LogP contribution in [-0.4, -0.2) is 53.6 Å². The van der Waals surface area contributed by atoms with Crippen LogP contribution in [0.2, 0.25) is 5.02 Å². The van der Waals surface area contributed by atoms with Crippen molar-refractivity contribution in [1.29, 1.82) is 0 Å². The molecule has 0 radical (unpaired) electrons. The molecular formula is C23H37Cl4N3O3. The molecule has 190 valence electrons. The number of pyridine rings is 1. The fourth-order valence-corrected chi connectivity index (χ4v) is 3.82. The van der Waals surface area contributed by atoms with Gasteiger partial charge in [-0.3, -0.25) is 0 Å². The number of rotatable bonds is 9. The summed E-state index contributed by atoms with van der Waals surface area (Å²) in [5.41, 5.74) is 2.95. The van der Waals surface area contributed by atoms with Crippen LogP contribution in [0.25, 0.3) is 21.8 Å². The van der Waals surface area contributed by atoms with Crippen LogP contribution in [0.3, 0.4) is 0 Å². The first-order chi connectivity index (χ1) is 13.5. The van der Waals surface area contributed by atoms with E-state index < -0.39 is 0 Å². The van der Waals surface area contributed by atoms with Crippen LogP contribution in [0.4, 0.5) is 5.69 Å². The van der Waals surface area contributed by atoms with Gasteiger partial charge in [0.2, 0.25) is 0 Å². The zero-order chi connectivity index (χ0) is 20.1. The number of hydrogen-bond donors (Lipinski definition) is 1. The van der Waals surface area contributed by atoms with E-state index in [1.807, 2.05) is 24.3 Å². The van der Waals surface area contributed by atoms with Crippen LogP contribution >= 0.6 is 48.8 Å². The number of fused-ring (bicyclic) bond motifs is 2. The van der Waals surface area contributed by atoms with Crippen LogP contribution in [0.5, 0.6) is 5.75 Å². The second kappa shape index (κ2) is 17.2. The van der Waals surface area contributed by atoms with Gasteiger partial charge in [-0.1, -0.05) is 25.4 Å². The summed E-state index contributed by atoms with van der Waals surface area (Å²) in [5, 5.41) is 6.61. The van der Waals surface area contributed by atoms with E-state index in [1.54, 1.807) is 7.11 Å². The molecule has 10 heteroatoms. The van der Waals surface area contributed by atoms with E-state index in [0.717, 1.165) is 59.3 Å². The maximum atomic E-state index is 6.22. The van der Waals surface area contributed by atoms with Crippen molar-refractivity contribution < 1.29 is 15.7 Å². The number of nitrogens with one attached hydrogen (secondary N) is 1. The summed E-state index contributed by atoms with van der Waals surface area (Å²) in [4.78, 5) is 7.27. The number of ether oxygens (including phenoxy) is 1. The average Bonchev–Trinajstić information content (AvgIpc) is 2.70. The van der Waals surface area contributed by atoms with Crippen LogP contribution in [0.1, 0.15) is 33.6 Å². The molecule has 5 N–H and O–H groups in total. The predicted molar refractivity (Wildman–Crippen MR) is 150 cm³/mol. The molecule has 0 aliphatic heterocycles. The Labute approximate surface area is 220 Å². The van der Waals surface area contributed by atoms with Crippen molar-refractivity contribution in [3.05, 3.63) is 41.4 Å². The first-order valence-corrected chi connectivity index (χ1v) is 10.5. The number of hydrogen-bond acceptors (Lipinski definition) is 4. The fourth-order valence-electron chi connectivity index (χ4n) is 3.66. The van der Waals surface area contributed by atoms with E-state index in [2.05, 4.69) is 43.1 Å². The van der Waals surface area contributed by atoms with E-state index in [1.165, 1.54) is 6.42 Å². The van der Waals surface area contributed by atoms with Crippen molar-refractivity contribution in [2.24, 2.45) is 0 Å². The van der Waals surface area contributed by atoms with Crippen molar-refractivity contribution in [2.45, 2.75) is 39.7 Å². The normalized spacial score (nSPS) is 10.7. The molecule has 1 unspecified atom stereocenters. The van der Waals surface area contributed by atoms with Crippen molar-refractivity contribution in [2.75, 3.05) is 32.1 Å². The topological polar surface area (TPSA) is 100 Å². The standard InChI is InChI=1S/C23H30ClN3O.3ClH.2H2O/c1-5-27(6-2)13-7-8-16(3)25-23-19-11-9-17(24)14-22(19)26-21-12-10-18(28-4)15-20(21)23;;;;;/h9-12,14-16H,5-8,13H2,1-4H3,(H,25,26);3*1H;2*1H2. The molecule has 0 saturated carbocycles. The average molecular weight is 545 g/mol. The Balaban J connectivity index is -0.00000180. The lowest BCUT2D eigenvalue weighted by Crippen LogP contribution is -2.25. The number of halogens is 4. The van der Waals surface area contributed by atoms with Gasteiger partial charge in [-0.2, -0.15) is 0 Å². The van der Waals surface area contributed by atoms with E-state index in [0.29, 0.717) is 11.1 Å². The molecule has 3 rings (SSSR count). The van der Waals surface area contributed by atoms with E-state index in [9.17, 15) is 0 Å². The lowest BCUT2D eigenvalue weighted by Gasteiger charge is -2.22. The molecule has 33 heavy (non-hydrogen) atoms. The molecule has 6 nitrogen and oxygen atoms in total. The van der Waals surface area contributed by atoms with Gasteiger partial charge in [0.25, 0.3) is 0 Å². The zero-order valence-electron chi connectivity index (χ0n) is 19.5. The molecule has 0 spiro atoms. The summed E-state index contributed by atoms with van der Waals surface area (Å²) in [6, 6.07) is 12.3. The summed E-state index contributed by atoms with van der Waals surface area (Å²) < 4.78 is 5.45. The Morgan fingerprint density at radius 3 is 2.24 bits per heavy atom. The Hall–Kier alpha value is -1.25. The lowest BCUT2D eigenvalue weighted by molar-refractivity contribution is 0.295. The zero-order valence-corrected chi connectivity index (χ0v) is 22.7. The first-order valence-electron chi connectivity index (χ1n) is 10.1. The highest BCUT2D eigenvalue weighted by atomic mass is 35.5. The molecule has 0 aliphatic rings. The number of anilines is 1. The molecule has 3 aromatic rings. The summed E-state index contributed by atoms with van der Waals surface area (Å²) >= 11 is 6.22. The highest BCUT2D eigenvalue weighted by Gasteiger charge is 2.13. The summed E-state index contributed by atoms with van der Waals surface area (Å²) in [7, 11) is 1.69. The van der Waals surface area contributed by atoms with Crippen LogP contribution in [0.15, 0.2) is 36.4 Å². The second-order valence-corrected chi connectivity index (χ2v) is 7.68. The molecule has 1 heterocycles. The molecule has 0 saturated heterocycles. The summed E-state index contributed by atoms with van der Waals surface area (Å²) in [5.74, 6) is 0.833. The Bertz CT molecular complexity index is 959. The highest BCUT2D eigenvalue weighted by molar-refractivity contribution is 6.31. The fraction of sp³-hybridized carbons (Fsp3) is 0.435. The van der Waals surface area contributed by atoms with Gasteiger partial charge in [0.1, 0.15) is 5.75 Å². The number of methoxy groups -OCH3 is 1. The number of benzene rings is 2. The Morgan fingerprint density at radius 1 is 0.970 bits per heavy atom. The number of aromatic nitrogens is 1. The van der Waals surface area contributed by atoms with Gasteiger partial charge in [0.05, 0.1) is 23.8 Å². The highest BCUT2D eigenvalue weighted by Crippen LogP contribution is 2.34. The van der Waals surface area contributed by atoms with Crippen molar-refractivity contribution >= 4 is 76.3 Å². The van der Waals surface area contributed by atoms with Crippen LogP contribution < -0.4 is 10.1 Å². The van der Waals surface area contributed by atoms with E-state index >= 15 is 0 Å². The smallest absolute Gasteiger partial charge is 0.119 e. The number of nitrogens with zero attached hydrogens (tertiary/aromatic N) is 2. The van der Waals surface area contributed by atoms with E-state index in [-0.39, 0.29) is 48.2 Å². The second-order valence-electron chi connectivity index (χ2n) is 7.25. The van der Waals surface area contributed by atoms with Gasteiger partial charge >= 0.3 is 0 Å². The van der Waals surface area contributed by atoms with Gasteiger partial charge < -0.3 is 25.9 Å². The Morgan fingerprint density at radius 2 is 1.64 bits per heavy atom. The molecule has 0 aliphatic carbocycles. The van der Waals surface area contributed by atoms with Crippen LogP contribution in [-0.2, 0) is 0 Å². The molecule has 2 aromatic carbocycles. The summed E-state index contributed by atoms with van der Waals surface area (Å²) in [6.07, 6.45) is 2.28. The SMILES string of the molecule is CCN(CC)CCCC(C)Nc1c2ccc(Cl)cc2nc2ccc(OC)cc12.Cl.Cl.Cl.O.O. The first kappa shape index (κ1) is 36.3. The Kier molecular flexibility index (Phi) is 19.0. The molecule has 0 bridgehead atoms. The largest absolute Gasteiger partial charge is 0.497 e. The predicted octanol–water partition coefficient (Wildman–Crippen LogP) is 5.59. The minimum Gasteiger partial charge on any atom is -0.497 e. The third-order valence-electron chi connectivity index (χ3n) is 5.34. The minimum absolute atomic E-state index is 0. The molecule has 1 aromatic heterocycles. The maximum Gasteiger partial charge on any atom is 0.119 e. The van der Waals surface area contributed by atoms with Gasteiger partial charge in [0, 0.05) is 21.8 Å². The molecule has 1 atom stereocenters. The van der Waals surface area contributed by atoms with Crippen molar-refractivity contribution in [1.82, 2.24) is 9.88 Å². The van der Waals surface area contributed by atoms with Crippen molar-refractivity contribution in [3.63, 3.8) is 0 Å². The molecule has 0 fully saturated rings. The minimum atomic E-state index is 0. The van der Waals surface area contributed by atoms with Crippen LogP contribution in [0, 0.1) is 0 Å². The molecular weight excluding hydrogens is 508 g/mol. The third kappa shape index (κ3) is 9.13. The van der Waals surface area contributed by atoms with Gasteiger partial charge in [0.15, 0.2) is 0 Å². The van der Waals surface area contributed by atoms with Gasteiger partial charge in [-0.05, 0) is 75.8 Å². The quantitative estimate of drug-likeness (QED) is 0.355. The lowest BCUT2D eigenvalue weighted by atomic mass is 10.1. The van der Waals surface area contributed by atoms with Gasteiger partial charge in [-0.15, -0.1) is 37.2 Å². The van der Waals surface area contributed by atoms with Gasteiger partial charge in [-0.25, -0.2) is 4.98 Å².